The van der Waals surface area contributed by atoms with Crippen molar-refractivity contribution in [1.82, 2.24) is 0 Å². The van der Waals surface area contributed by atoms with E-state index in [2.05, 4.69) is 0 Å². The molecule has 1 aliphatic heterocycles. The molecule has 0 aromatic heterocycles. The standard InChI is InChI=1S/C10H18O3/c1-9(2)12-6-8(13-9)5-10(7-11)3-4-10/h8,11H,3-7H2,1-2H3. The molecule has 0 bridgehead atoms. The van der Waals surface area contributed by atoms with Crippen LogP contribution >= 0.6 is 0 Å². The van der Waals surface area contributed by atoms with Crippen LogP contribution in [0.4, 0.5) is 0 Å². The van der Waals surface area contributed by atoms with E-state index in [4.69, 9.17) is 14.6 Å². The lowest BCUT2D eigenvalue weighted by Gasteiger charge is -2.19. The Morgan fingerprint density at radius 1 is 1.38 bits per heavy atom. The van der Waals surface area contributed by atoms with Gasteiger partial charge in [-0.3, -0.25) is 0 Å². The van der Waals surface area contributed by atoms with Gasteiger partial charge in [-0.1, -0.05) is 0 Å². The van der Waals surface area contributed by atoms with E-state index in [-0.39, 0.29) is 11.5 Å². The van der Waals surface area contributed by atoms with Crippen molar-refractivity contribution >= 4 is 0 Å². The maximum Gasteiger partial charge on any atom is 0.163 e. The normalized spacial score (nSPS) is 34.8. The van der Waals surface area contributed by atoms with E-state index in [1.807, 2.05) is 13.8 Å². The third-order valence-electron chi connectivity index (χ3n) is 3.02. The van der Waals surface area contributed by atoms with Crippen LogP contribution in [0.15, 0.2) is 0 Å². The SMILES string of the molecule is CC1(C)OCC(CC2(CO)CC2)O1. The molecule has 1 N–H and O–H groups in total. The summed E-state index contributed by atoms with van der Waals surface area (Å²) in [5.74, 6) is -0.420. The summed E-state index contributed by atoms with van der Waals surface area (Å²) in [4.78, 5) is 0. The Morgan fingerprint density at radius 2 is 2.08 bits per heavy atom. The number of rotatable bonds is 3. The van der Waals surface area contributed by atoms with E-state index < -0.39 is 5.79 Å². The van der Waals surface area contributed by atoms with Crippen LogP contribution in [0.3, 0.4) is 0 Å². The fraction of sp³-hybridized carbons (Fsp3) is 1.00. The van der Waals surface area contributed by atoms with E-state index in [1.54, 1.807) is 0 Å². The minimum atomic E-state index is -0.420. The summed E-state index contributed by atoms with van der Waals surface area (Å²) in [6.07, 6.45) is 3.42. The second kappa shape index (κ2) is 2.94. The molecule has 13 heavy (non-hydrogen) atoms. The zero-order chi connectivity index (χ0) is 9.53. The van der Waals surface area contributed by atoms with Gasteiger partial charge in [0.15, 0.2) is 5.79 Å². The van der Waals surface area contributed by atoms with Gasteiger partial charge in [0.05, 0.1) is 12.7 Å². The zero-order valence-electron chi connectivity index (χ0n) is 8.38. The Morgan fingerprint density at radius 3 is 2.46 bits per heavy atom. The maximum absolute atomic E-state index is 9.15. The van der Waals surface area contributed by atoms with E-state index in [1.165, 1.54) is 0 Å². The van der Waals surface area contributed by atoms with Crippen molar-refractivity contribution in [2.75, 3.05) is 13.2 Å². The zero-order valence-corrected chi connectivity index (χ0v) is 8.38. The quantitative estimate of drug-likeness (QED) is 0.722. The van der Waals surface area contributed by atoms with Gasteiger partial charge < -0.3 is 14.6 Å². The highest BCUT2D eigenvalue weighted by Gasteiger charge is 2.46. The molecule has 0 amide bonds. The molecule has 1 aliphatic carbocycles. The first-order valence-electron chi connectivity index (χ1n) is 4.98. The molecule has 3 nitrogen and oxygen atoms in total. The Balaban J connectivity index is 1.84. The molecular formula is C10H18O3. The average Bonchev–Trinajstić information content (AvgIpc) is 2.74. The molecule has 1 saturated carbocycles. The van der Waals surface area contributed by atoms with Crippen LogP contribution in [0, 0.1) is 5.41 Å². The molecule has 76 valence electrons. The first-order chi connectivity index (χ1) is 6.05. The minimum Gasteiger partial charge on any atom is -0.396 e. The topological polar surface area (TPSA) is 38.7 Å². The monoisotopic (exact) mass is 186 g/mol. The summed E-state index contributed by atoms with van der Waals surface area (Å²) >= 11 is 0. The molecule has 1 unspecified atom stereocenters. The smallest absolute Gasteiger partial charge is 0.163 e. The van der Waals surface area contributed by atoms with Gasteiger partial charge in [-0.25, -0.2) is 0 Å². The predicted molar refractivity (Wildman–Crippen MR) is 48.3 cm³/mol. The largest absolute Gasteiger partial charge is 0.396 e. The predicted octanol–water partition coefficient (Wildman–Crippen LogP) is 1.30. The van der Waals surface area contributed by atoms with Crippen LogP contribution in [0.2, 0.25) is 0 Å². The van der Waals surface area contributed by atoms with Gasteiger partial charge in [0.25, 0.3) is 0 Å². The third-order valence-corrected chi connectivity index (χ3v) is 3.02. The van der Waals surface area contributed by atoms with Gasteiger partial charge in [-0.15, -0.1) is 0 Å². The van der Waals surface area contributed by atoms with Gasteiger partial charge >= 0.3 is 0 Å². The fourth-order valence-electron chi connectivity index (χ4n) is 1.95. The van der Waals surface area contributed by atoms with Crippen molar-refractivity contribution in [2.24, 2.45) is 5.41 Å². The Kier molecular flexibility index (Phi) is 2.13. The van der Waals surface area contributed by atoms with Crippen LogP contribution in [-0.2, 0) is 9.47 Å². The summed E-state index contributed by atoms with van der Waals surface area (Å²) in [7, 11) is 0. The molecule has 2 fully saturated rings. The van der Waals surface area contributed by atoms with Crippen LogP contribution in [0.1, 0.15) is 33.1 Å². The van der Waals surface area contributed by atoms with Gasteiger partial charge in [0, 0.05) is 6.61 Å². The number of ether oxygens (including phenoxy) is 2. The summed E-state index contributed by atoms with van der Waals surface area (Å²) in [6.45, 7) is 4.85. The molecular weight excluding hydrogens is 168 g/mol. The maximum atomic E-state index is 9.15. The Hall–Kier alpha value is -0.120. The highest BCUT2D eigenvalue weighted by atomic mass is 16.7. The lowest BCUT2D eigenvalue weighted by Crippen LogP contribution is -2.24. The highest BCUT2D eigenvalue weighted by Crippen LogP contribution is 2.50. The molecule has 2 aliphatic rings. The van der Waals surface area contributed by atoms with E-state index >= 15 is 0 Å². The second-order valence-electron chi connectivity index (χ2n) is 4.81. The first kappa shape index (κ1) is 9.44. The number of aliphatic hydroxyl groups is 1. The molecule has 0 radical (unpaired) electrons. The first-order valence-corrected chi connectivity index (χ1v) is 4.98. The summed E-state index contributed by atoms with van der Waals surface area (Å²) in [6, 6.07) is 0. The average molecular weight is 186 g/mol. The van der Waals surface area contributed by atoms with Crippen molar-refractivity contribution < 1.29 is 14.6 Å². The van der Waals surface area contributed by atoms with Crippen molar-refractivity contribution in [2.45, 2.75) is 45.0 Å². The van der Waals surface area contributed by atoms with Gasteiger partial charge in [-0.2, -0.15) is 0 Å². The van der Waals surface area contributed by atoms with Crippen LogP contribution in [-0.4, -0.2) is 30.2 Å². The van der Waals surface area contributed by atoms with Crippen molar-refractivity contribution in [3.63, 3.8) is 0 Å². The van der Waals surface area contributed by atoms with Crippen LogP contribution in [0.5, 0.6) is 0 Å². The number of hydrogen-bond donors (Lipinski definition) is 1. The number of aliphatic hydroxyl groups excluding tert-OH is 1. The van der Waals surface area contributed by atoms with Crippen molar-refractivity contribution in [1.29, 1.82) is 0 Å². The molecule has 2 rings (SSSR count). The summed E-state index contributed by atoms with van der Waals surface area (Å²) in [5, 5.41) is 9.15. The van der Waals surface area contributed by atoms with E-state index in [0.717, 1.165) is 19.3 Å². The summed E-state index contributed by atoms with van der Waals surface area (Å²) < 4.78 is 11.2. The van der Waals surface area contributed by atoms with Crippen molar-refractivity contribution in [3.8, 4) is 0 Å². The molecule has 1 atom stereocenters. The lowest BCUT2D eigenvalue weighted by atomic mass is 10.0. The fourth-order valence-corrected chi connectivity index (χ4v) is 1.95. The van der Waals surface area contributed by atoms with Crippen LogP contribution in [0.25, 0.3) is 0 Å². The highest BCUT2D eigenvalue weighted by molar-refractivity contribution is 4.95. The van der Waals surface area contributed by atoms with Gasteiger partial charge in [0.2, 0.25) is 0 Å². The molecule has 1 saturated heterocycles. The second-order valence-corrected chi connectivity index (χ2v) is 4.81. The molecule has 0 aromatic rings. The minimum absolute atomic E-state index is 0.175. The molecule has 0 spiro atoms. The van der Waals surface area contributed by atoms with Crippen molar-refractivity contribution in [3.05, 3.63) is 0 Å². The lowest BCUT2D eigenvalue weighted by molar-refractivity contribution is -0.141. The third kappa shape index (κ3) is 2.03. The summed E-state index contributed by atoms with van der Waals surface area (Å²) in [5.41, 5.74) is 0.175. The number of hydrogen-bond acceptors (Lipinski definition) is 3. The van der Waals surface area contributed by atoms with Gasteiger partial charge in [-0.05, 0) is 38.5 Å². The van der Waals surface area contributed by atoms with E-state index in [0.29, 0.717) is 13.2 Å². The van der Waals surface area contributed by atoms with E-state index in [9.17, 15) is 0 Å². The van der Waals surface area contributed by atoms with Crippen LogP contribution < -0.4 is 0 Å². The molecule has 1 heterocycles. The van der Waals surface area contributed by atoms with Gasteiger partial charge in [0.1, 0.15) is 0 Å². The molecule has 0 aromatic carbocycles. The Labute approximate surface area is 79.0 Å². The molecule has 3 heteroatoms. The Bertz CT molecular complexity index is 196.